The maximum Gasteiger partial charge on any atom is 0.339 e. The van der Waals surface area contributed by atoms with Crippen molar-refractivity contribution in [3.05, 3.63) is 29.3 Å². The lowest BCUT2D eigenvalue weighted by Crippen LogP contribution is -2.15. The number of nitrogens with one attached hydrogen (secondary N) is 1. The fourth-order valence-electron chi connectivity index (χ4n) is 1.51. The normalized spacial score (nSPS) is 10.1. The molecule has 0 aliphatic heterocycles. The van der Waals surface area contributed by atoms with Crippen molar-refractivity contribution in [2.75, 3.05) is 19.5 Å². The summed E-state index contributed by atoms with van der Waals surface area (Å²) in [7, 11) is 2.63. The minimum atomic E-state index is -0.449. The molecule has 0 aliphatic carbocycles. The lowest BCUT2D eigenvalue weighted by Gasteiger charge is -2.14. The van der Waals surface area contributed by atoms with Crippen molar-refractivity contribution in [1.29, 1.82) is 0 Å². The number of anilines is 1. The molecule has 0 heterocycles. The van der Waals surface area contributed by atoms with Gasteiger partial charge in [0, 0.05) is 11.7 Å². The summed E-state index contributed by atoms with van der Waals surface area (Å²) >= 11 is 0. The first-order chi connectivity index (χ1) is 8.49. The first-order valence-corrected chi connectivity index (χ1v) is 5.56. The predicted octanol–water partition coefficient (Wildman–Crippen LogP) is 2.08. The average Bonchev–Trinajstić information content (AvgIpc) is 2.36. The molecular formula is C13H17NO4. The molecule has 0 fully saturated rings. The van der Waals surface area contributed by atoms with Crippen LogP contribution in [0.25, 0.3) is 0 Å². The van der Waals surface area contributed by atoms with Crippen LogP contribution >= 0.6 is 0 Å². The van der Waals surface area contributed by atoms with E-state index >= 15 is 0 Å². The van der Waals surface area contributed by atoms with Crippen molar-refractivity contribution in [2.45, 2.75) is 19.9 Å². The molecule has 1 aromatic carbocycles. The Morgan fingerprint density at radius 1 is 1.11 bits per heavy atom. The van der Waals surface area contributed by atoms with Crippen LogP contribution in [0, 0.1) is 0 Å². The molecule has 0 radical (unpaired) electrons. The third kappa shape index (κ3) is 3.23. The Balaban J connectivity index is 3.19. The van der Waals surface area contributed by atoms with Gasteiger partial charge in [-0.05, 0) is 32.0 Å². The van der Waals surface area contributed by atoms with E-state index in [0.29, 0.717) is 16.8 Å². The fraction of sp³-hybridized carbons (Fsp3) is 0.385. The summed E-state index contributed by atoms with van der Waals surface area (Å²) in [4.78, 5) is 23.0. The Kier molecular flexibility index (Phi) is 4.71. The number of esters is 2. The molecule has 1 N–H and O–H groups in total. The fourth-order valence-corrected chi connectivity index (χ4v) is 1.51. The first kappa shape index (κ1) is 14.0. The minimum absolute atomic E-state index is 0.126. The molecule has 0 amide bonds. The molecule has 0 spiro atoms. The van der Waals surface area contributed by atoms with Crippen molar-refractivity contribution in [3.63, 3.8) is 0 Å². The van der Waals surface area contributed by atoms with Gasteiger partial charge in [-0.3, -0.25) is 0 Å². The third-order valence-corrected chi connectivity index (χ3v) is 2.29. The number of carbonyl (C=O) groups excluding carboxylic acids is 2. The molecule has 98 valence electrons. The quantitative estimate of drug-likeness (QED) is 0.830. The zero-order valence-corrected chi connectivity index (χ0v) is 10.9. The highest BCUT2D eigenvalue weighted by Gasteiger charge is 2.15. The van der Waals surface area contributed by atoms with Gasteiger partial charge in [0.25, 0.3) is 0 Å². The molecule has 0 aromatic heterocycles. The van der Waals surface area contributed by atoms with Crippen molar-refractivity contribution in [2.24, 2.45) is 0 Å². The smallest absolute Gasteiger partial charge is 0.339 e. The van der Waals surface area contributed by atoms with Gasteiger partial charge in [-0.25, -0.2) is 9.59 Å². The molecule has 5 heteroatoms. The van der Waals surface area contributed by atoms with Crippen LogP contribution in [-0.2, 0) is 9.47 Å². The molecule has 0 saturated heterocycles. The van der Waals surface area contributed by atoms with Crippen LogP contribution in [0.3, 0.4) is 0 Å². The third-order valence-electron chi connectivity index (χ3n) is 2.29. The number of hydrogen-bond acceptors (Lipinski definition) is 5. The summed E-state index contributed by atoms with van der Waals surface area (Å²) in [5.41, 5.74) is 1.33. The van der Waals surface area contributed by atoms with Crippen LogP contribution in [0.5, 0.6) is 0 Å². The Hall–Kier alpha value is -2.04. The summed E-state index contributed by atoms with van der Waals surface area (Å²) in [6.07, 6.45) is 0. The van der Waals surface area contributed by atoms with E-state index < -0.39 is 11.9 Å². The summed E-state index contributed by atoms with van der Waals surface area (Å²) in [5.74, 6) is -0.896. The van der Waals surface area contributed by atoms with Crippen LogP contribution in [0.4, 0.5) is 5.69 Å². The molecule has 18 heavy (non-hydrogen) atoms. The molecule has 1 aromatic rings. The van der Waals surface area contributed by atoms with E-state index in [2.05, 4.69) is 10.1 Å². The summed E-state index contributed by atoms with van der Waals surface area (Å²) in [5, 5.41) is 3.10. The molecule has 0 saturated carbocycles. The Morgan fingerprint density at radius 2 is 1.72 bits per heavy atom. The molecule has 1 rings (SSSR count). The van der Waals surface area contributed by atoms with Crippen LogP contribution in [0.15, 0.2) is 18.2 Å². The average molecular weight is 251 g/mol. The second-order valence-corrected chi connectivity index (χ2v) is 4.04. The van der Waals surface area contributed by atoms with Crippen LogP contribution in [0.2, 0.25) is 0 Å². The maximum absolute atomic E-state index is 11.6. The lowest BCUT2D eigenvalue weighted by atomic mass is 10.1. The van der Waals surface area contributed by atoms with E-state index in [1.54, 1.807) is 12.1 Å². The van der Waals surface area contributed by atoms with Gasteiger partial charge >= 0.3 is 11.9 Å². The summed E-state index contributed by atoms with van der Waals surface area (Å²) < 4.78 is 9.33. The van der Waals surface area contributed by atoms with E-state index in [0.717, 1.165) is 0 Å². The highest BCUT2D eigenvalue weighted by Crippen LogP contribution is 2.20. The minimum Gasteiger partial charge on any atom is -0.465 e. The Labute approximate surface area is 106 Å². The largest absolute Gasteiger partial charge is 0.465 e. The topological polar surface area (TPSA) is 64.6 Å². The zero-order chi connectivity index (χ0) is 13.7. The van der Waals surface area contributed by atoms with Crippen LogP contribution in [-0.4, -0.2) is 32.2 Å². The van der Waals surface area contributed by atoms with E-state index in [1.165, 1.54) is 20.3 Å². The van der Waals surface area contributed by atoms with E-state index in [9.17, 15) is 9.59 Å². The van der Waals surface area contributed by atoms with Crippen LogP contribution in [0.1, 0.15) is 34.6 Å². The number of methoxy groups -OCH3 is 2. The van der Waals surface area contributed by atoms with E-state index in [1.807, 2.05) is 13.8 Å². The summed E-state index contributed by atoms with van der Waals surface area (Å²) in [6.45, 7) is 3.87. The Morgan fingerprint density at radius 3 is 2.22 bits per heavy atom. The number of carbonyl (C=O) groups is 2. The number of hydrogen-bond donors (Lipinski definition) is 1. The highest BCUT2D eigenvalue weighted by molar-refractivity contribution is 5.98. The van der Waals surface area contributed by atoms with Gasteiger partial charge in [-0.15, -0.1) is 0 Å². The van der Waals surface area contributed by atoms with Crippen LogP contribution < -0.4 is 5.32 Å². The molecule has 0 atom stereocenters. The zero-order valence-electron chi connectivity index (χ0n) is 10.9. The standard InChI is InChI=1S/C13H17NO4/c1-8(2)14-11-7-9(12(15)17-3)5-6-10(11)13(16)18-4/h5-8,14H,1-4H3. The highest BCUT2D eigenvalue weighted by atomic mass is 16.5. The van der Waals surface area contributed by atoms with Crippen molar-refractivity contribution < 1.29 is 19.1 Å². The molecular weight excluding hydrogens is 234 g/mol. The van der Waals surface area contributed by atoms with E-state index in [4.69, 9.17) is 4.74 Å². The maximum atomic E-state index is 11.6. The van der Waals surface area contributed by atoms with Gasteiger partial charge in [0.05, 0.1) is 25.3 Å². The monoisotopic (exact) mass is 251 g/mol. The molecule has 0 bridgehead atoms. The lowest BCUT2D eigenvalue weighted by molar-refractivity contribution is 0.0587. The predicted molar refractivity (Wildman–Crippen MR) is 67.9 cm³/mol. The van der Waals surface area contributed by atoms with Gasteiger partial charge in [0.2, 0.25) is 0 Å². The first-order valence-electron chi connectivity index (χ1n) is 5.56. The number of benzene rings is 1. The van der Waals surface area contributed by atoms with Gasteiger partial charge in [0.15, 0.2) is 0 Å². The van der Waals surface area contributed by atoms with Gasteiger partial charge in [0.1, 0.15) is 0 Å². The van der Waals surface area contributed by atoms with Crippen molar-refractivity contribution in [3.8, 4) is 0 Å². The number of ether oxygens (including phenoxy) is 2. The second-order valence-electron chi connectivity index (χ2n) is 4.04. The number of rotatable bonds is 4. The van der Waals surface area contributed by atoms with Crippen molar-refractivity contribution in [1.82, 2.24) is 0 Å². The SMILES string of the molecule is COC(=O)c1ccc(C(=O)OC)c(NC(C)C)c1. The molecule has 0 unspecified atom stereocenters. The summed E-state index contributed by atoms with van der Waals surface area (Å²) in [6, 6.07) is 4.78. The van der Waals surface area contributed by atoms with Gasteiger partial charge in [-0.2, -0.15) is 0 Å². The van der Waals surface area contributed by atoms with Crippen molar-refractivity contribution >= 4 is 17.6 Å². The van der Waals surface area contributed by atoms with Gasteiger partial charge in [-0.1, -0.05) is 0 Å². The second kappa shape index (κ2) is 6.05. The van der Waals surface area contributed by atoms with E-state index in [-0.39, 0.29) is 6.04 Å². The molecule has 0 aliphatic rings. The molecule has 5 nitrogen and oxygen atoms in total. The van der Waals surface area contributed by atoms with Gasteiger partial charge < -0.3 is 14.8 Å². The Bertz CT molecular complexity index is 454.